The van der Waals surface area contributed by atoms with Crippen LogP contribution in [-0.2, 0) is 0 Å². The molecule has 0 atom stereocenters. The average Bonchev–Trinajstić information content (AvgIpc) is 1.97. The second kappa shape index (κ2) is 7.18. The van der Waals surface area contributed by atoms with Crippen molar-refractivity contribution in [2.75, 3.05) is 20.1 Å². The topological polar surface area (TPSA) is 3.24 Å². The van der Waals surface area contributed by atoms with Crippen molar-refractivity contribution in [3.05, 3.63) is 0 Å². The zero-order chi connectivity index (χ0) is 9.40. The van der Waals surface area contributed by atoms with Crippen molar-refractivity contribution in [3.8, 4) is 11.8 Å². The molecule has 0 aliphatic carbocycles. The summed E-state index contributed by atoms with van der Waals surface area (Å²) in [5.74, 6) is 6.76. The van der Waals surface area contributed by atoms with Gasteiger partial charge in [0, 0.05) is 13.0 Å². The smallest absolute Gasteiger partial charge is 0.0101 e. The summed E-state index contributed by atoms with van der Waals surface area (Å²) in [5, 5.41) is 0. The number of unbranched alkanes of at least 4 members (excludes halogenated alkanes) is 1. The summed E-state index contributed by atoms with van der Waals surface area (Å²) < 4.78 is 0. The second-order valence-corrected chi connectivity index (χ2v) is 3.69. The van der Waals surface area contributed by atoms with E-state index in [1.165, 1.54) is 19.5 Å². The normalized spacial score (nSPS) is 10.2. The molecule has 0 radical (unpaired) electrons. The van der Waals surface area contributed by atoms with Crippen LogP contribution in [0.25, 0.3) is 0 Å². The zero-order valence-corrected chi connectivity index (χ0v) is 8.85. The van der Waals surface area contributed by atoms with Gasteiger partial charge in [0.15, 0.2) is 0 Å². The van der Waals surface area contributed by atoms with Crippen LogP contribution in [0.1, 0.15) is 33.6 Å². The molecule has 0 aliphatic heterocycles. The zero-order valence-electron chi connectivity index (χ0n) is 8.85. The molecule has 1 heteroatoms. The molecule has 0 rings (SSSR count). The average molecular weight is 167 g/mol. The molecule has 0 aromatic heterocycles. The van der Waals surface area contributed by atoms with Gasteiger partial charge in [0.2, 0.25) is 0 Å². The lowest BCUT2D eigenvalue weighted by atomic mass is 10.2. The van der Waals surface area contributed by atoms with Crippen LogP contribution in [0.15, 0.2) is 0 Å². The molecule has 0 spiro atoms. The molecule has 0 N–H and O–H groups in total. The molecule has 0 aromatic rings. The Balaban J connectivity index is 3.29. The number of rotatable bonds is 5. The van der Waals surface area contributed by atoms with Gasteiger partial charge < -0.3 is 4.90 Å². The van der Waals surface area contributed by atoms with Gasteiger partial charge in [0.05, 0.1) is 0 Å². The van der Waals surface area contributed by atoms with E-state index in [2.05, 4.69) is 37.6 Å². The van der Waals surface area contributed by atoms with Gasteiger partial charge in [0.25, 0.3) is 0 Å². The summed E-state index contributed by atoms with van der Waals surface area (Å²) in [6.07, 6.45) is 2.24. The lowest BCUT2D eigenvalue weighted by molar-refractivity contribution is 0.293. The van der Waals surface area contributed by atoms with Gasteiger partial charge in [-0.25, -0.2) is 0 Å². The maximum absolute atomic E-state index is 3.08. The lowest BCUT2D eigenvalue weighted by Crippen LogP contribution is -2.24. The monoisotopic (exact) mass is 167 g/mol. The minimum atomic E-state index is 0.771. The first-order valence-electron chi connectivity index (χ1n) is 4.75. The summed E-state index contributed by atoms with van der Waals surface area (Å²) >= 11 is 0. The number of hydrogen-bond acceptors (Lipinski definition) is 1. The molecule has 0 fully saturated rings. The number of hydrogen-bond donors (Lipinski definition) is 0. The minimum Gasteiger partial charge on any atom is -0.306 e. The molecule has 0 amide bonds. The van der Waals surface area contributed by atoms with Gasteiger partial charge in [-0.3, -0.25) is 0 Å². The van der Waals surface area contributed by atoms with E-state index in [1.807, 2.05) is 6.92 Å². The van der Waals surface area contributed by atoms with Crippen molar-refractivity contribution in [3.63, 3.8) is 0 Å². The Morgan fingerprint density at radius 1 is 1.33 bits per heavy atom. The molecule has 0 aliphatic rings. The van der Waals surface area contributed by atoms with Gasteiger partial charge in [-0.15, -0.1) is 11.8 Å². The van der Waals surface area contributed by atoms with Crippen molar-refractivity contribution in [1.29, 1.82) is 0 Å². The van der Waals surface area contributed by atoms with E-state index < -0.39 is 0 Å². The van der Waals surface area contributed by atoms with Crippen LogP contribution in [0.2, 0.25) is 0 Å². The standard InChI is InChI=1S/C11H21N/c1-5-6-7-8-9-12(4)10-11(2)3/h11H,7-10H2,1-4H3. The van der Waals surface area contributed by atoms with Gasteiger partial charge >= 0.3 is 0 Å². The van der Waals surface area contributed by atoms with Crippen molar-refractivity contribution < 1.29 is 0 Å². The van der Waals surface area contributed by atoms with Crippen LogP contribution in [0.5, 0.6) is 0 Å². The first-order valence-corrected chi connectivity index (χ1v) is 4.75. The molecule has 0 bridgehead atoms. The Labute approximate surface area is 77.1 Å². The van der Waals surface area contributed by atoms with Crippen molar-refractivity contribution >= 4 is 0 Å². The molecule has 0 unspecified atom stereocenters. The van der Waals surface area contributed by atoms with Crippen LogP contribution < -0.4 is 0 Å². The van der Waals surface area contributed by atoms with Gasteiger partial charge in [-0.2, -0.15) is 0 Å². The van der Waals surface area contributed by atoms with E-state index >= 15 is 0 Å². The summed E-state index contributed by atoms with van der Waals surface area (Å²) in [7, 11) is 2.18. The molecule has 12 heavy (non-hydrogen) atoms. The van der Waals surface area contributed by atoms with Crippen molar-refractivity contribution in [1.82, 2.24) is 4.90 Å². The summed E-state index contributed by atoms with van der Waals surface area (Å²) in [5.41, 5.74) is 0. The summed E-state index contributed by atoms with van der Waals surface area (Å²) in [6.45, 7) is 8.77. The van der Waals surface area contributed by atoms with Gasteiger partial charge in [-0.05, 0) is 32.9 Å². The minimum absolute atomic E-state index is 0.771. The van der Waals surface area contributed by atoms with E-state index in [4.69, 9.17) is 0 Å². The Bertz CT molecular complexity index is 150. The maximum Gasteiger partial charge on any atom is 0.0101 e. The molecule has 0 saturated carbocycles. The van der Waals surface area contributed by atoms with Crippen LogP contribution in [0.3, 0.4) is 0 Å². The first-order chi connectivity index (χ1) is 5.66. The Morgan fingerprint density at radius 3 is 2.50 bits per heavy atom. The maximum atomic E-state index is 3.08. The SMILES string of the molecule is CC#CCCCN(C)CC(C)C. The number of nitrogens with zero attached hydrogens (tertiary/aromatic N) is 1. The molecule has 0 saturated heterocycles. The fraction of sp³-hybridized carbons (Fsp3) is 0.818. The third kappa shape index (κ3) is 7.63. The van der Waals surface area contributed by atoms with Crippen molar-refractivity contribution in [2.45, 2.75) is 33.6 Å². The lowest BCUT2D eigenvalue weighted by Gasteiger charge is -2.17. The summed E-state index contributed by atoms with van der Waals surface area (Å²) in [6, 6.07) is 0. The van der Waals surface area contributed by atoms with E-state index in [0.717, 1.165) is 12.3 Å². The van der Waals surface area contributed by atoms with Gasteiger partial charge in [-0.1, -0.05) is 13.8 Å². The molecular weight excluding hydrogens is 146 g/mol. The van der Waals surface area contributed by atoms with Gasteiger partial charge in [0.1, 0.15) is 0 Å². The summed E-state index contributed by atoms with van der Waals surface area (Å²) in [4.78, 5) is 2.38. The third-order valence-corrected chi connectivity index (χ3v) is 1.70. The van der Waals surface area contributed by atoms with Crippen molar-refractivity contribution in [2.24, 2.45) is 5.92 Å². The van der Waals surface area contributed by atoms with E-state index in [9.17, 15) is 0 Å². The highest BCUT2D eigenvalue weighted by Crippen LogP contribution is 1.97. The molecular formula is C11H21N. The van der Waals surface area contributed by atoms with Crippen LogP contribution in [-0.4, -0.2) is 25.0 Å². The van der Waals surface area contributed by atoms with E-state index in [0.29, 0.717) is 0 Å². The third-order valence-electron chi connectivity index (χ3n) is 1.70. The molecule has 70 valence electrons. The Hall–Kier alpha value is -0.480. The Kier molecular flexibility index (Phi) is 6.90. The highest BCUT2D eigenvalue weighted by molar-refractivity contribution is 4.94. The van der Waals surface area contributed by atoms with Crippen LogP contribution >= 0.6 is 0 Å². The van der Waals surface area contributed by atoms with Crippen LogP contribution in [0, 0.1) is 17.8 Å². The molecule has 0 aromatic carbocycles. The fourth-order valence-electron chi connectivity index (χ4n) is 1.28. The quantitative estimate of drug-likeness (QED) is 0.449. The largest absolute Gasteiger partial charge is 0.306 e. The Morgan fingerprint density at radius 2 is 2.00 bits per heavy atom. The molecule has 0 heterocycles. The van der Waals surface area contributed by atoms with E-state index in [1.54, 1.807) is 0 Å². The second-order valence-electron chi connectivity index (χ2n) is 3.69. The van der Waals surface area contributed by atoms with E-state index in [-0.39, 0.29) is 0 Å². The predicted octanol–water partition coefficient (Wildman–Crippen LogP) is 2.38. The highest BCUT2D eigenvalue weighted by Gasteiger charge is 1.99. The first kappa shape index (κ1) is 11.5. The molecule has 1 nitrogen and oxygen atoms in total. The fourth-order valence-corrected chi connectivity index (χ4v) is 1.28. The predicted molar refractivity (Wildman–Crippen MR) is 55.0 cm³/mol. The highest BCUT2D eigenvalue weighted by atomic mass is 15.1. The van der Waals surface area contributed by atoms with Crippen LogP contribution in [0.4, 0.5) is 0 Å².